The van der Waals surface area contributed by atoms with Crippen LogP contribution >= 0.6 is 34.5 Å². The van der Waals surface area contributed by atoms with Crippen LogP contribution in [0.2, 0.25) is 10.0 Å². The summed E-state index contributed by atoms with van der Waals surface area (Å²) in [6.07, 6.45) is -2.87. The van der Waals surface area contributed by atoms with Crippen LogP contribution in [0.4, 0.5) is 13.2 Å². The SMILES string of the molecule is FC(F)(F)c1cc(Cl)ccc1-c1ccc(-c2ccnn2-c2ccccc2Cl)s1. The Morgan fingerprint density at radius 1 is 0.893 bits per heavy atom. The molecule has 0 saturated heterocycles. The summed E-state index contributed by atoms with van der Waals surface area (Å²) in [5.41, 5.74) is 0.776. The highest BCUT2D eigenvalue weighted by atomic mass is 35.5. The third-order valence-electron chi connectivity index (χ3n) is 4.13. The van der Waals surface area contributed by atoms with Gasteiger partial charge in [-0.2, -0.15) is 18.3 Å². The summed E-state index contributed by atoms with van der Waals surface area (Å²) in [6.45, 7) is 0. The minimum Gasteiger partial charge on any atom is -0.231 e. The van der Waals surface area contributed by atoms with Crippen LogP contribution in [0.3, 0.4) is 0 Å². The third-order valence-corrected chi connectivity index (χ3v) is 5.83. The van der Waals surface area contributed by atoms with Gasteiger partial charge >= 0.3 is 6.18 Å². The molecule has 0 unspecified atom stereocenters. The summed E-state index contributed by atoms with van der Waals surface area (Å²) in [5, 5.41) is 4.89. The van der Waals surface area contributed by atoms with Crippen LogP contribution in [0.25, 0.3) is 26.7 Å². The molecule has 2 heterocycles. The van der Waals surface area contributed by atoms with Gasteiger partial charge in [-0.05, 0) is 42.5 Å². The van der Waals surface area contributed by atoms with Crippen LogP contribution in [0, 0.1) is 0 Å². The Balaban J connectivity index is 1.80. The van der Waals surface area contributed by atoms with Gasteiger partial charge in [0.15, 0.2) is 0 Å². The third kappa shape index (κ3) is 3.55. The number of rotatable bonds is 3. The fraction of sp³-hybridized carbons (Fsp3) is 0.0500. The molecule has 4 rings (SSSR count). The molecule has 0 aliphatic rings. The van der Waals surface area contributed by atoms with Crippen molar-refractivity contribution in [1.29, 1.82) is 0 Å². The van der Waals surface area contributed by atoms with E-state index >= 15 is 0 Å². The van der Waals surface area contributed by atoms with E-state index in [1.807, 2.05) is 18.2 Å². The van der Waals surface area contributed by atoms with Crippen molar-refractivity contribution in [2.24, 2.45) is 0 Å². The fourth-order valence-electron chi connectivity index (χ4n) is 2.89. The van der Waals surface area contributed by atoms with E-state index in [4.69, 9.17) is 23.2 Å². The smallest absolute Gasteiger partial charge is 0.231 e. The van der Waals surface area contributed by atoms with Gasteiger partial charge in [0.1, 0.15) is 0 Å². The minimum absolute atomic E-state index is 0.0460. The van der Waals surface area contributed by atoms with Crippen LogP contribution in [0.1, 0.15) is 5.56 Å². The van der Waals surface area contributed by atoms with Crippen LogP contribution in [-0.4, -0.2) is 9.78 Å². The maximum atomic E-state index is 13.4. The summed E-state index contributed by atoms with van der Waals surface area (Å²) < 4.78 is 42.0. The number of para-hydroxylation sites is 1. The van der Waals surface area contributed by atoms with E-state index in [0.717, 1.165) is 16.6 Å². The number of halogens is 5. The molecule has 0 amide bonds. The molecule has 0 fully saturated rings. The first kappa shape index (κ1) is 19.1. The number of thiophene rings is 1. The van der Waals surface area contributed by atoms with Gasteiger partial charge in [-0.25, -0.2) is 4.68 Å². The van der Waals surface area contributed by atoms with Gasteiger partial charge in [-0.15, -0.1) is 11.3 Å². The quantitative estimate of drug-likeness (QED) is 0.322. The standard InChI is InChI=1S/C20H11Cl2F3N2S/c21-12-5-6-13(14(11-12)20(23,24)25)18-7-8-19(28-18)17-9-10-26-27(17)16-4-2-1-3-15(16)22/h1-11H. The zero-order valence-electron chi connectivity index (χ0n) is 14.0. The average molecular weight is 439 g/mol. The molecule has 2 aromatic heterocycles. The lowest BCUT2D eigenvalue weighted by Gasteiger charge is -2.12. The van der Waals surface area contributed by atoms with Gasteiger partial charge in [0.2, 0.25) is 0 Å². The molecule has 0 N–H and O–H groups in total. The maximum absolute atomic E-state index is 13.4. The summed E-state index contributed by atoms with van der Waals surface area (Å²) in [4.78, 5) is 1.27. The summed E-state index contributed by atoms with van der Waals surface area (Å²) in [7, 11) is 0. The van der Waals surface area contributed by atoms with Gasteiger partial charge in [0, 0.05) is 15.5 Å². The van der Waals surface area contributed by atoms with Crippen molar-refractivity contribution in [1.82, 2.24) is 9.78 Å². The van der Waals surface area contributed by atoms with Crippen molar-refractivity contribution >= 4 is 34.5 Å². The average Bonchev–Trinajstić information content (AvgIpc) is 3.30. The molecule has 0 bridgehead atoms. The Bertz CT molecular complexity index is 1150. The number of hydrogen-bond donors (Lipinski definition) is 0. The van der Waals surface area contributed by atoms with Gasteiger partial charge in [0.25, 0.3) is 0 Å². The zero-order valence-corrected chi connectivity index (χ0v) is 16.4. The molecule has 0 saturated carbocycles. The Labute approximate surface area is 172 Å². The first-order chi connectivity index (χ1) is 13.3. The first-order valence-electron chi connectivity index (χ1n) is 8.11. The molecule has 0 aliphatic carbocycles. The molecule has 0 spiro atoms. The number of hydrogen-bond acceptors (Lipinski definition) is 2. The lowest BCUT2D eigenvalue weighted by molar-refractivity contribution is -0.137. The molecule has 142 valence electrons. The zero-order chi connectivity index (χ0) is 19.9. The number of aromatic nitrogens is 2. The van der Waals surface area contributed by atoms with Crippen molar-refractivity contribution in [3.8, 4) is 26.7 Å². The van der Waals surface area contributed by atoms with E-state index in [0.29, 0.717) is 15.6 Å². The molecule has 0 radical (unpaired) electrons. The molecule has 0 aliphatic heterocycles. The molecular formula is C20H11Cl2F3N2S. The second kappa shape index (κ2) is 7.28. The van der Waals surface area contributed by atoms with Crippen LogP contribution < -0.4 is 0 Å². The van der Waals surface area contributed by atoms with Crippen LogP contribution in [0.15, 0.2) is 66.9 Å². The van der Waals surface area contributed by atoms with Crippen LogP contribution in [-0.2, 0) is 6.18 Å². The number of benzene rings is 2. The monoisotopic (exact) mass is 438 g/mol. The predicted octanol–water partition coefficient (Wildman–Crippen LogP) is 7.59. The predicted molar refractivity (Wildman–Crippen MR) is 107 cm³/mol. The van der Waals surface area contributed by atoms with Crippen LogP contribution in [0.5, 0.6) is 0 Å². The molecule has 0 atom stereocenters. The molecule has 4 aromatic rings. The van der Waals surface area contributed by atoms with E-state index in [-0.39, 0.29) is 10.6 Å². The Hall–Kier alpha value is -2.28. The molecule has 28 heavy (non-hydrogen) atoms. The van der Waals surface area contributed by atoms with Crippen molar-refractivity contribution in [3.63, 3.8) is 0 Å². The normalized spacial score (nSPS) is 11.8. The summed E-state index contributed by atoms with van der Waals surface area (Å²) in [5.74, 6) is 0. The fourth-order valence-corrected chi connectivity index (χ4v) is 4.34. The van der Waals surface area contributed by atoms with Gasteiger partial charge in [-0.3, -0.25) is 0 Å². The molecular weight excluding hydrogens is 428 g/mol. The second-order valence-corrected chi connectivity index (χ2v) is 7.86. The molecule has 2 nitrogen and oxygen atoms in total. The summed E-state index contributed by atoms with van der Waals surface area (Å²) in [6, 6.07) is 16.3. The van der Waals surface area contributed by atoms with E-state index in [1.165, 1.54) is 23.5 Å². The van der Waals surface area contributed by atoms with E-state index in [2.05, 4.69) is 5.10 Å². The molecule has 2 aromatic carbocycles. The lowest BCUT2D eigenvalue weighted by Crippen LogP contribution is -2.06. The van der Waals surface area contributed by atoms with Crippen molar-refractivity contribution in [2.45, 2.75) is 6.18 Å². The Morgan fingerprint density at radius 2 is 1.64 bits per heavy atom. The van der Waals surface area contributed by atoms with E-state index in [9.17, 15) is 13.2 Å². The highest BCUT2D eigenvalue weighted by Gasteiger charge is 2.34. The second-order valence-electron chi connectivity index (χ2n) is 5.93. The van der Waals surface area contributed by atoms with Crippen molar-refractivity contribution < 1.29 is 13.2 Å². The highest BCUT2D eigenvalue weighted by Crippen LogP contribution is 2.42. The summed E-state index contributed by atoms with van der Waals surface area (Å²) >= 11 is 13.3. The Kier molecular flexibility index (Phi) is 4.95. The minimum atomic E-state index is -4.50. The molecule has 8 heteroatoms. The van der Waals surface area contributed by atoms with Gasteiger partial charge in [0.05, 0.1) is 33.0 Å². The number of alkyl halides is 3. The first-order valence-corrected chi connectivity index (χ1v) is 9.68. The maximum Gasteiger partial charge on any atom is 0.417 e. The van der Waals surface area contributed by atoms with Crippen molar-refractivity contribution in [3.05, 3.63) is 82.5 Å². The van der Waals surface area contributed by atoms with Crippen molar-refractivity contribution in [2.75, 3.05) is 0 Å². The largest absolute Gasteiger partial charge is 0.417 e. The van der Waals surface area contributed by atoms with Gasteiger partial charge in [-0.1, -0.05) is 41.4 Å². The lowest BCUT2D eigenvalue weighted by atomic mass is 10.1. The van der Waals surface area contributed by atoms with Gasteiger partial charge < -0.3 is 0 Å². The number of nitrogens with zero attached hydrogens (tertiary/aromatic N) is 2. The van der Waals surface area contributed by atoms with E-state index in [1.54, 1.807) is 35.1 Å². The topological polar surface area (TPSA) is 17.8 Å². The highest BCUT2D eigenvalue weighted by molar-refractivity contribution is 7.18. The van der Waals surface area contributed by atoms with E-state index < -0.39 is 11.7 Å². The Morgan fingerprint density at radius 3 is 2.39 bits per heavy atom.